The summed E-state index contributed by atoms with van der Waals surface area (Å²) < 4.78 is 11.7. The Bertz CT molecular complexity index is 1200. The second-order valence-corrected chi connectivity index (χ2v) is 6.28. The van der Waals surface area contributed by atoms with E-state index in [1.54, 1.807) is 24.3 Å². The van der Waals surface area contributed by atoms with Gasteiger partial charge in [0.05, 0.1) is 12.8 Å². The third-order valence-electron chi connectivity index (χ3n) is 4.22. The van der Waals surface area contributed by atoms with E-state index in [1.165, 1.54) is 18.7 Å². The summed E-state index contributed by atoms with van der Waals surface area (Å²) in [5, 5.41) is 11.1. The molecule has 0 bridgehead atoms. The average molecular weight is 403 g/mol. The Kier molecular flexibility index (Phi) is 5.08. The number of aromatic nitrogens is 4. The van der Waals surface area contributed by atoms with Crippen LogP contribution in [0.1, 0.15) is 17.4 Å². The summed E-state index contributed by atoms with van der Waals surface area (Å²) in [6, 6.07) is 18.2. The molecule has 0 unspecified atom stereocenters. The molecule has 0 fully saturated rings. The number of nitrogens with one attached hydrogen (secondary N) is 1. The third kappa shape index (κ3) is 3.55. The summed E-state index contributed by atoms with van der Waals surface area (Å²) in [7, 11) is 1.25. The van der Waals surface area contributed by atoms with Gasteiger partial charge in [-0.2, -0.15) is 10.1 Å². The first-order chi connectivity index (χ1) is 14.6. The Morgan fingerprint density at radius 3 is 2.33 bits per heavy atom. The van der Waals surface area contributed by atoms with Crippen molar-refractivity contribution in [1.82, 2.24) is 19.9 Å². The van der Waals surface area contributed by atoms with E-state index in [0.717, 1.165) is 5.56 Å². The lowest BCUT2D eigenvalue weighted by Gasteiger charge is -2.07. The van der Waals surface area contributed by atoms with Gasteiger partial charge < -0.3 is 14.6 Å². The standard InChI is InChI=1S/C21H17N5O4/c1-13(27)22-16-17(19-23-20(30-25-19)14-9-5-3-6-10-14)24-26(18(16)21(28)29-2)15-11-7-4-8-12-15/h3-12H,1-2H3,(H,22,27). The summed E-state index contributed by atoms with van der Waals surface area (Å²) in [5.74, 6) is -0.653. The van der Waals surface area contributed by atoms with Gasteiger partial charge in [-0.05, 0) is 24.3 Å². The fourth-order valence-electron chi connectivity index (χ4n) is 2.93. The van der Waals surface area contributed by atoms with Gasteiger partial charge in [0.15, 0.2) is 11.4 Å². The number of hydrogen-bond donors (Lipinski definition) is 1. The van der Waals surface area contributed by atoms with Crippen LogP contribution in [0.3, 0.4) is 0 Å². The maximum absolute atomic E-state index is 12.6. The summed E-state index contributed by atoms with van der Waals surface area (Å²) in [6.45, 7) is 1.33. The first-order valence-corrected chi connectivity index (χ1v) is 9.02. The Hall–Kier alpha value is -4.27. The van der Waals surface area contributed by atoms with Crippen molar-refractivity contribution in [2.75, 3.05) is 12.4 Å². The van der Waals surface area contributed by atoms with Crippen LogP contribution in [0.15, 0.2) is 65.2 Å². The summed E-state index contributed by atoms with van der Waals surface area (Å²) in [5.41, 5.74) is 1.69. The second kappa shape index (κ2) is 8.00. The lowest BCUT2D eigenvalue weighted by atomic mass is 10.2. The molecular weight excluding hydrogens is 386 g/mol. The van der Waals surface area contributed by atoms with Crippen LogP contribution < -0.4 is 5.32 Å². The van der Waals surface area contributed by atoms with Crippen LogP contribution in [0.2, 0.25) is 0 Å². The average Bonchev–Trinajstić information content (AvgIpc) is 3.39. The number of anilines is 1. The van der Waals surface area contributed by atoms with Crippen LogP contribution in [-0.4, -0.2) is 38.9 Å². The number of para-hydroxylation sites is 1. The molecule has 1 amide bonds. The molecule has 0 aliphatic rings. The van der Waals surface area contributed by atoms with Crippen molar-refractivity contribution in [2.24, 2.45) is 0 Å². The zero-order valence-corrected chi connectivity index (χ0v) is 16.2. The van der Waals surface area contributed by atoms with Gasteiger partial charge in [0, 0.05) is 12.5 Å². The van der Waals surface area contributed by atoms with Gasteiger partial charge in [0.1, 0.15) is 5.69 Å². The van der Waals surface area contributed by atoms with Gasteiger partial charge in [-0.1, -0.05) is 41.6 Å². The van der Waals surface area contributed by atoms with Gasteiger partial charge in [-0.15, -0.1) is 0 Å². The number of ether oxygens (including phenoxy) is 1. The number of esters is 1. The molecule has 0 saturated heterocycles. The minimum Gasteiger partial charge on any atom is -0.464 e. The topological polar surface area (TPSA) is 112 Å². The first kappa shape index (κ1) is 19.1. The van der Waals surface area contributed by atoms with Crippen molar-refractivity contribution in [2.45, 2.75) is 6.92 Å². The molecule has 0 aliphatic carbocycles. The van der Waals surface area contributed by atoms with Crippen LogP contribution in [0.5, 0.6) is 0 Å². The lowest BCUT2D eigenvalue weighted by molar-refractivity contribution is -0.114. The number of benzene rings is 2. The number of rotatable bonds is 5. The van der Waals surface area contributed by atoms with E-state index < -0.39 is 5.97 Å². The zero-order valence-electron chi connectivity index (χ0n) is 16.2. The molecule has 9 heteroatoms. The normalized spacial score (nSPS) is 10.6. The quantitative estimate of drug-likeness (QED) is 0.509. The Morgan fingerprint density at radius 1 is 1.03 bits per heavy atom. The van der Waals surface area contributed by atoms with Crippen LogP contribution >= 0.6 is 0 Å². The minimum atomic E-state index is -0.673. The molecular formula is C21H17N5O4. The highest BCUT2D eigenvalue weighted by molar-refractivity contribution is 6.03. The highest BCUT2D eigenvalue weighted by atomic mass is 16.5. The fraction of sp³-hybridized carbons (Fsp3) is 0.0952. The van der Waals surface area contributed by atoms with Gasteiger partial charge >= 0.3 is 5.97 Å². The maximum Gasteiger partial charge on any atom is 0.359 e. The summed E-state index contributed by atoms with van der Waals surface area (Å²) in [6.07, 6.45) is 0. The van der Waals surface area contributed by atoms with Crippen molar-refractivity contribution in [3.63, 3.8) is 0 Å². The number of carbonyl (C=O) groups is 2. The fourth-order valence-corrected chi connectivity index (χ4v) is 2.93. The van der Waals surface area contributed by atoms with E-state index >= 15 is 0 Å². The van der Waals surface area contributed by atoms with E-state index in [0.29, 0.717) is 5.69 Å². The van der Waals surface area contributed by atoms with E-state index in [9.17, 15) is 9.59 Å². The van der Waals surface area contributed by atoms with Gasteiger partial charge in [-0.25, -0.2) is 9.48 Å². The molecule has 0 atom stereocenters. The number of methoxy groups -OCH3 is 1. The molecule has 0 spiro atoms. The highest BCUT2D eigenvalue weighted by Crippen LogP contribution is 2.32. The van der Waals surface area contributed by atoms with Crippen molar-refractivity contribution in [3.05, 3.63) is 66.4 Å². The van der Waals surface area contributed by atoms with E-state index in [-0.39, 0.29) is 34.7 Å². The van der Waals surface area contributed by atoms with Crippen LogP contribution in [0.4, 0.5) is 5.69 Å². The second-order valence-electron chi connectivity index (χ2n) is 6.28. The van der Waals surface area contributed by atoms with Crippen LogP contribution in [-0.2, 0) is 9.53 Å². The van der Waals surface area contributed by atoms with Crippen LogP contribution in [0, 0.1) is 0 Å². The minimum absolute atomic E-state index is 0.0416. The molecule has 30 heavy (non-hydrogen) atoms. The molecule has 9 nitrogen and oxygen atoms in total. The number of hydrogen-bond acceptors (Lipinski definition) is 7. The van der Waals surface area contributed by atoms with Gasteiger partial charge in [0.2, 0.25) is 11.7 Å². The molecule has 0 aliphatic heterocycles. The zero-order chi connectivity index (χ0) is 21.1. The SMILES string of the molecule is COC(=O)c1c(NC(C)=O)c(-c2noc(-c3ccccc3)n2)nn1-c1ccccc1. The molecule has 2 aromatic heterocycles. The molecule has 2 aromatic carbocycles. The Balaban J connectivity index is 1.91. The predicted molar refractivity (Wildman–Crippen MR) is 108 cm³/mol. The number of amides is 1. The predicted octanol–water partition coefficient (Wildman–Crippen LogP) is 3.33. The Labute approximate surface area is 171 Å². The first-order valence-electron chi connectivity index (χ1n) is 9.02. The molecule has 4 rings (SSSR count). The molecule has 0 radical (unpaired) electrons. The van der Waals surface area contributed by atoms with Crippen molar-refractivity contribution in [1.29, 1.82) is 0 Å². The van der Waals surface area contributed by atoms with E-state index in [4.69, 9.17) is 9.26 Å². The number of nitrogens with zero attached hydrogens (tertiary/aromatic N) is 4. The van der Waals surface area contributed by atoms with E-state index in [1.807, 2.05) is 36.4 Å². The van der Waals surface area contributed by atoms with Crippen LogP contribution in [0.25, 0.3) is 28.7 Å². The molecule has 4 aromatic rings. The summed E-state index contributed by atoms with van der Waals surface area (Å²) >= 11 is 0. The smallest absolute Gasteiger partial charge is 0.359 e. The number of carbonyl (C=O) groups excluding carboxylic acids is 2. The van der Waals surface area contributed by atoms with Gasteiger partial charge in [0.25, 0.3) is 5.89 Å². The summed E-state index contributed by atoms with van der Waals surface area (Å²) in [4.78, 5) is 28.8. The third-order valence-corrected chi connectivity index (χ3v) is 4.22. The molecule has 1 N–H and O–H groups in total. The monoisotopic (exact) mass is 403 g/mol. The van der Waals surface area contributed by atoms with Crippen molar-refractivity contribution < 1.29 is 18.8 Å². The van der Waals surface area contributed by atoms with E-state index in [2.05, 4.69) is 20.6 Å². The highest BCUT2D eigenvalue weighted by Gasteiger charge is 2.29. The van der Waals surface area contributed by atoms with Crippen molar-refractivity contribution in [3.8, 4) is 28.7 Å². The van der Waals surface area contributed by atoms with Gasteiger partial charge in [-0.3, -0.25) is 4.79 Å². The molecule has 0 saturated carbocycles. The molecule has 150 valence electrons. The molecule has 2 heterocycles. The lowest BCUT2D eigenvalue weighted by Crippen LogP contribution is -2.15. The largest absolute Gasteiger partial charge is 0.464 e. The van der Waals surface area contributed by atoms with Crippen molar-refractivity contribution >= 4 is 17.6 Å². The Morgan fingerprint density at radius 2 is 1.70 bits per heavy atom. The maximum atomic E-state index is 12.6.